The Morgan fingerprint density at radius 1 is 1.24 bits per heavy atom. The lowest BCUT2D eigenvalue weighted by atomic mass is 9.84. The van der Waals surface area contributed by atoms with Gasteiger partial charge in [-0.1, -0.05) is 30.3 Å². The summed E-state index contributed by atoms with van der Waals surface area (Å²) in [5, 5.41) is 17.7. The minimum absolute atomic E-state index is 0.512. The summed E-state index contributed by atoms with van der Waals surface area (Å²) in [4.78, 5) is 10.5. The van der Waals surface area contributed by atoms with Gasteiger partial charge >= 0.3 is 12.1 Å². The van der Waals surface area contributed by atoms with Crippen molar-refractivity contribution in [3.05, 3.63) is 35.9 Å². The van der Waals surface area contributed by atoms with E-state index in [0.717, 1.165) is 12.1 Å². The average molecular weight is 249 g/mol. The van der Waals surface area contributed by atoms with Crippen molar-refractivity contribution >= 4 is 5.97 Å². The number of hydrogen-bond acceptors (Lipinski definition) is 3. The maximum atomic E-state index is 12.9. The summed E-state index contributed by atoms with van der Waals surface area (Å²) in [5.74, 6) is -2.03. The first-order chi connectivity index (χ1) is 7.71. The van der Waals surface area contributed by atoms with Crippen LogP contribution in [-0.4, -0.2) is 28.5 Å². The topological polar surface area (TPSA) is 83.5 Å². The largest absolute Gasteiger partial charge is 0.479 e. The van der Waals surface area contributed by atoms with Gasteiger partial charge in [-0.3, -0.25) is 0 Å². The average Bonchev–Trinajstić information content (AvgIpc) is 2.26. The van der Waals surface area contributed by atoms with E-state index >= 15 is 0 Å². The summed E-state index contributed by atoms with van der Waals surface area (Å²) in [7, 11) is 0. The third kappa shape index (κ3) is 2.25. The predicted octanol–water partition coefficient (Wildman–Crippen LogP) is 0.848. The molecule has 0 aromatic heterocycles. The quantitative estimate of drug-likeness (QED) is 0.741. The van der Waals surface area contributed by atoms with Crippen LogP contribution in [0.1, 0.15) is 5.56 Å². The van der Waals surface area contributed by atoms with Crippen LogP contribution in [-0.2, 0) is 10.3 Å². The van der Waals surface area contributed by atoms with Crippen molar-refractivity contribution in [2.75, 3.05) is 0 Å². The first kappa shape index (κ1) is 13.5. The molecule has 1 aromatic rings. The number of rotatable bonds is 3. The summed E-state index contributed by atoms with van der Waals surface area (Å²) in [6.07, 6.45) is -7.86. The summed E-state index contributed by atoms with van der Waals surface area (Å²) >= 11 is 0. The molecule has 7 heteroatoms. The SMILES string of the molecule is N[C@@](c1ccccc1)([C@H](O)C(=O)O)C(F)(F)F. The standard InChI is InChI=1S/C10H10F3NO3/c11-10(12,13)9(14,7(15)8(16)17)6-4-2-1-3-5-6/h1-5,7,15H,14H2,(H,16,17)/t7-,9+/m1/s1. The number of aliphatic hydroxyl groups is 1. The minimum Gasteiger partial charge on any atom is -0.479 e. The minimum atomic E-state index is -5.09. The van der Waals surface area contributed by atoms with E-state index in [4.69, 9.17) is 10.8 Å². The zero-order valence-electron chi connectivity index (χ0n) is 8.48. The maximum absolute atomic E-state index is 12.9. The molecule has 0 unspecified atom stereocenters. The summed E-state index contributed by atoms with van der Waals surface area (Å²) in [6, 6.07) is 6.03. The molecule has 0 amide bonds. The van der Waals surface area contributed by atoms with Gasteiger partial charge in [0.15, 0.2) is 11.6 Å². The van der Waals surface area contributed by atoms with Crippen LogP contribution < -0.4 is 5.73 Å². The molecule has 94 valence electrons. The number of halogens is 3. The molecule has 0 saturated carbocycles. The highest BCUT2D eigenvalue weighted by molar-refractivity contribution is 5.74. The Morgan fingerprint density at radius 3 is 2.06 bits per heavy atom. The second kappa shape index (κ2) is 4.34. The van der Waals surface area contributed by atoms with Crippen molar-refractivity contribution in [1.29, 1.82) is 0 Å². The van der Waals surface area contributed by atoms with E-state index in [0.29, 0.717) is 0 Å². The van der Waals surface area contributed by atoms with Crippen molar-refractivity contribution < 1.29 is 28.2 Å². The fourth-order valence-corrected chi connectivity index (χ4v) is 1.39. The first-order valence-electron chi connectivity index (χ1n) is 4.53. The molecule has 0 aliphatic carbocycles. The number of carbonyl (C=O) groups is 1. The molecule has 0 spiro atoms. The molecule has 0 radical (unpaired) electrons. The first-order valence-corrected chi connectivity index (χ1v) is 4.53. The maximum Gasteiger partial charge on any atom is 0.413 e. The van der Waals surface area contributed by atoms with Crippen LogP contribution in [0.15, 0.2) is 30.3 Å². The van der Waals surface area contributed by atoms with Crippen LogP contribution in [0.3, 0.4) is 0 Å². The van der Waals surface area contributed by atoms with Crippen LogP contribution in [0.4, 0.5) is 13.2 Å². The van der Waals surface area contributed by atoms with Crippen molar-refractivity contribution in [1.82, 2.24) is 0 Å². The Kier molecular flexibility index (Phi) is 3.44. The molecule has 0 aliphatic rings. The molecule has 4 nitrogen and oxygen atoms in total. The predicted molar refractivity (Wildman–Crippen MR) is 52.0 cm³/mol. The van der Waals surface area contributed by atoms with Gasteiger partial charge in [0.05, 0.1) is 0 Å². The van der Waals surface area contributed by atoms with Gasteiger partial charge in [-0.15, -0.1) is 0 Å². The van der Waals surface area contributed by atoms with Gasteiger partial charge in [0, 0.05) is 0 Å². The Morgan fingerprint density at radius 2 is 1.71 bits per heavy atom. The molecule has 4 N–H and O–H groups in total. The Labute approximate surface area is 94.5 Å². The number of hydrogen-bond donors (Lipinski definition) is 3. The number of carboxylic acid groups (broad SMARTS) is 1. The highest BCUT2D eigenvalue weighted by Gasteiger charge is 2.60. The van der Waals surface area contributed by atoms with E-state index in [1.54, 1.807) is 0 Å². The number of nitrogens with two attached hydrogens (primary N) is 1. The second-order valence-electron chi connectivity index (χ2n) is 3.47. The van der Waals surface area contributed by atoms with Crippen molar-refractivity contribution in [2.45, 2.75) is 17.8 Å². The highest BCUT2D eigenvalue weighted by atomic mass is 19.4. The van der Waals surface area contributed by atoms with E-state index in [1.807, 2.05) is 0 Å². The molecular weight excluding hydrogens is 239 g/mol. The van der Waals surface area contributed by atoms with E-state index < -0.39 is 29.4 Å². The molecule has 0 saturated heterocycles. The lowest BCUT2D eigenvalue weighted by Gasteiger charge is -2.34. The Balaban J connectivity index is 3.36. The summed E-state index contributed by atoms with van der Waals surface area (Å²) < 4.78 is 38.6. The third-order valence-electron chi connectivity index (χ3n) is 2.39. The van der Waals surface area contributed by atoms with Crippen LogP contribution >= 0.6 is 0 Å². The Bertz CT molecular complexity index is 407. The van der Waals surface area contributed by atoms with Gasteiger partial charge in [-0.05, 0) is 5.56 Å². The van der Waals surface area contributed by atoms with Gasteiger partial charge in [0.2, 0.25) is 0 Å². The van der Waals surface area contributed by atoms with Crippen LogP contribution in [0.5, 0.6) is 0 Å². The Hall–Kier alpha value is -1.60. The van der Waals surface area contributed by atoms with E-state index in [9.17, 15) is 23.1 Å². The van der Waals surface area contributed by atoms with Crippen molar-refractivity contribution in [2.24, 2.45) is 5.73 Å². The van der Waals surface area contributed by atoms with Gasteiger partial charge in [0.25, 0.3) is 0 Å². The monoisotopic (exact) mass is 249 g/mol. The molecule has 2 atom stereocenters. The van der Waals surface area contributed by atoms with Crippen molar-refractivity contribution in [3.8, 4) is 0 Å². The molecule has 1 aromatic carbocycles. The van der Waals surface area contributed by atoms with Gasteiger partial charge < -0.3 is 15.9 Å². The number of aliphatic hydroxyl groups excluding tert-OH is 1. The van der Waals surface area contributed by atoms with Gasteiger partial charge in [-0.2, -0.15) is 13.2 Å². The second-order valence-corrected chi connectivity index (χ2v) is 3.47. The number of benzene rings is 1. The molecular formula is C10H10F3NO3. The van der Waals surface area contributed by atoms with Crippen LogP contribution in [0.2, 0.25) is 0 Å². The smallest absolute Gasteiger partial charge is 0.413 e. The summed E-state index contributed by atoms with van der Waals surface area (Å²) in [5.41, 5.74) is 1.24. The van der Waals surface area contributed by atoms with E-state index in [-0.39, 0.29) is 0 Å². The zero-order chi connectivity index (χ0) is 13.3. The summed E-state index contributed by atoms with van der Waals surface area (Å²) in [6.45, 7) is 0. The number of alkyl halides is 3. The lowest BCUT2D eigenvalue weighted by molar-refractivity contribution is -0.221. The van der Waals surface area contributed by atoms with E-state index in [2.05, 4.69) is 0 Å². The lowest BCUT2D eigenvalue weighted by Crippen LogP contribution is -2.61. The van der Waals surface area contributed by atoms with Gasteiger partial charge in [0.1, 0.15) is 0 Å². The van der Waals surface area contributed by atoms with Gasteiger partial charge in [-0.25, -0.2) is 4.79 Å². The molecule has 0 fully saturated rings. The molecule has 0 heterocycles. The molecule has 0 aliphatic heterocycles. The number of aliphatic carboxylic acids is 1. The van der Waals surface area contributed by atoms with E-state index in [1.165, 1.54) is 18.2 Å². The molecule has 17 heavy (non-hydrogen) atoms. The molecule has 1 rings (SSSR count). The zero-order valence-corrected chi connectivity index (χ0v) is 8.48. The normalized spacial score (nSPS) is 17.2. The highest BCUT2D eigenvalue weighted by Crippen LogP contribution is 2.39. The fraction of sp³-hybridized carbons (Fsp3) is 0.300. The van der Waals surface area contributed by atoms with Crippen LogP contribution in [0.25, 0.3) is 0 Å². The molecule has 0 bridgehead atoms. The van der Waals surface area contributed by atoms with Crippen LogP contribution in [0, 0.1) is 0 Å². The number of carboxylic acids is 1. The van der Waals surface area contributed by atoms with Crippen molar-refractivity contribution in [3.63, 3.8) is 0 Å². The fourth-order valence-electron chi connectivity index (χ4n) is 1.39. The third-order valence-corrected chi connectivity index (χ3v) is 2.39.